The van der Waals surface area contributed by atoms with Crippen LogP contribution in [0.2, 0.25) is 5.02 Å². The molecule has 1 saturated carbocycles. The van der Waals surface area contributed by atoms with Gasteiger partial charge in [-0.05, 0) is 55.4 Å². The number of halogens is 1. The normalized spacial score (nSPS) is 21.1. The predicted molar refractivity (Wildman–Crippen MR) is 113 cm³/mol. The number of anilines is 1. The van der Waals surface area contributed by atoms with Gasteiger partial charge in [0.15, 0.2) is 0 Å². The number of carbonyl (C=O) groups excluding carboxylic acids is 2. The molecule has 0 saturated heterocycles. The number of nitrogens with one attached hydrogen (secondary N) is 1. The third-order valence-corrected chi connectivity index (χ3v) is 5.56. The SMILES string of the molecule is C#CC(=O)N(c1cccc(Cl)c1)[C@]1(C(=O)NCc2ccccc2)CC[C@H](O)CC1. The molecule has 0 aromatic heterocycles. The van der Waals surface area contributed by atoms with Crippen molar-refractivity contribution in [3.8, 4) is 12.3 Å². The standard InChI is InChI=1S/C23H23ClN2O3/c1-2-21(28)26(19-10-6-9-18(24)15-19)23(13-11-20(27)12-14-23)22(29)25-16-17-7-4-3-5-8-17/h1,3-10,15,20,27H,11-14,16H2,(H,25,29)/t20-,23+. The number of terminal acetylenes is 1. The Kier molecular flexibility index (Phi) is 6.58. The number of hydrogen-bond acceptors (Lipinski definition) is 3. The fraction of sp³-hybridized carbons (Fsp3) is 0.304. The summed E-state index contributed by atoms with van der Waals surface area (Å²) in [4.78, 5) is 27.6. The number of rotatable bonds is 5. The summed E-state index contributed by atoms with van der Waals surface area (Å²) in [5.41, 5.74) is 0.221. The van der Waals surface area contributed by atoms with E-state index in [0.717, 1.165) is 5.56 Å². The van der Waals surface area contributed by atoms with Crippen LogP contribution in [-0.2, 0) is 16.1 Å². The maximum Gasteiger partial charge on any atom is 0.303 e. The summed E-state index contributed by atoms with van der Waals surface area (Å²) in [5.74, 6) is 1.24. The van der Waals surface area contributed by atoms with Gasteiger partial charge in [-0.15, -0.1) is 6.42 Å². The fourth-order valence-electron chi connectivity index (χ4n) is 3.81. The van der Waals surface area contributed by atoms with Crippen LogP contribution < -0.4 is 10.2 Å². The smallest absolute Gasteiger partial charge is 0.303 e. The zero-order chi connectivity index (χ0) is 20.9. The van der Waals surface area contributed by atoms with Gasteiger partial charge in [-0.1, -0.05) is 48.0 Å². The molecular weight excluding hydrogens is 388 g/mol. The summed E-state index contributed by atoms with van der Waals surface area (Å²) in [7, 11) is 0. The first-order chi connectivity index (χ1) is 14.0. The quantitative estimate of drug-likeness (QED) is 0.743. The molecule has 0 heterocycles. The average molecular weight is 411 g/mol. The highest BCUT2D eigenvalue weighted by molar-refractivity contribution is 6.31. The first-order valence-corrected chi connectivity index (χ1v) is 9.91. The Hall–Kier alpha value is -2.81. The first kappa shape index (κ1) is 20.9. The minimum atomic E-state index is -1.19. The van der Waals surface area contributed by atoms with E-state index in [0.29, 0.717) is 42.9 Å². The van der Waals surface area contributed by atoms with Crippen molar-refractivity contribution in [2.45, 2.75) is 43.9 Å². The molecule has 150 valence electrons. The lowest BCUT2D eigenvalue weighted by molar-refractivity contribution is -0.131. The molecule has 29 heavy (non-hydrogen) atoms. The topological polar surface area (TPSA) is 69.6 Å². The van der Waals surface area contributed by atoms with Crippen LogP contribution in [0.5, 0.6) is 0 Å². The Bertz CT molecular complexity index is 915. The lowest BCUT2D eigenvalue weighted by Gasteiger charge is -2.45. The van der Waals surface area contributed by atoms with E-state index < -0.39 is 17.6 Å². The Morgan fingerprint density at radius 2 is 1.86 bits per heavy atom. The second kappa shape index (κ2) is 9.13. The summed E-state index contributed by atoms with van der Waals surface area (Å²) in [6, 6.07) is 16.3. The summed E-state index contributed by atoms with van der Waals surface area (Å²) in [6.07, 6.45) is 6.34. The number of aliphatic hydroxyl groups is 1. The van der Waals surface area contributed by atoms with E-state index in [9.17, 15) is 14.7 Å². The van der Waals surface area contributed by atoms with E-state index in [4.69, 9.17) is 18.0 Å². The van der Waals surface area contributed by atoms with Crippen molar-refractivity contribution >= 4 is 29.1 Å². The van der Waals surface area contributed by atoms with E-state index in [1.165, 1.54) is 4.90 Å². The minimum absolute atomic E-state index is 0.295. The lowest BCUT2D eigenvalue weighted by atomic mass is 9.77. The predicted octanol–water partition coefficient (Wildman–Crippen LogP) is 3.30. The highest BCUT2D eigenvalue weighted by Crippen LogP contribution is 2.38. The molecule has 0 bridgehead atoms. The molecule has 6 heteroatoms. The van der Waals surface area contributed by atoms with E-state index in [1.807, 2.05) is 30.3 Å². The van der Waals surface area contributed by atoms with Crippen LogP contribution in [0.25, 0.3) is 0 Å². The Morgan fingerprint density at radius 3 is 2.48 bits per heavy atom. The van der Waals surface area contributed by atoms with Crippen LogP contribution in [0, 0.1) is 12.3 Å². The Balaban J connectivity index is 1.98. The number of benzene rings is 2. The first-order valence-electron chi connectivity index (χ1n) is 9.53. The maximum atomic E-state index is 13.4. The molecule has 0 atom stereocenters. The summed E-state index contributed by atoms with van der Waals surface area (Å²) in [6.45, 7) is 0.331. The van der Waals surface area contributed by atoms with Crippen LogP contribution in [0.4, 0.5) is 5.69 Å². The van der Waals surface area contributed by atoms with Crippen molar-refractivity contribution in [3.05, 3.63) is 65.2 Å². The number of carbonyl (C=O) groups is 2. The second-order valence-corrected chi connectivity index (χ2v) is 7.63. The number of aliphatic hydroxyl groups excluding tert-OH is 1. The highest BCUT2D eigenvalue weighted by Gasteiger charge is 2.49. The van der Waals surface area contributed by atoms with Gasteiger partial charge in [0.05, 0.1) is 6.10 Å². The summed E-state index contributed by atoms with van der Waals surface area (Å²) in [5, 5.41) is 13.4. The lowest BCUT2D eigenvalue weighted by Crippen LogP contribution is -2.62. The Labute approximate surface area is 175 Å². The van der Waals surface area contributed by atoms with Crippen molar-refractivity contribution in [2.75, 3.05) is 4.90 Å². The average Bonchev–Trinajstić information content (AvgIpc) is 2.74. The highest BCUT2D eigenvalue weighted by atomic mass is 35.5. The van der Waals surface area contributed by atoms with Crippen LogP contribution in [0.1, 0.15) is 31.2 Å². The van der Waals surface area contributed by atoms with E-state index in [2.05, 4.69) is 11.2 Å². The molecule has 0 spiro atoms. The molecule has 1 fully saturated rings. The third-order valence-electron chi connectivity index (χ3n) is 5.32. The summed E-state index contributed by atoms with van der Waals surface area (Å²) < 4.78 is 0. The second-order valence-electron chi connectivity index (χ2n) is 7.20. The van der Waals surface area contributed by atoms with Gasteiger partial charge in [0.25, 0.3) is 0 Å². The van der Waals surface area contributed by atoms with E-state index >= 15 is 0 Å². The molecule has 0 radical (unpaired) electrons. The van der Waals surface area contributed by atoms with Gasteiger partial charge in [0.1, 0.15) is 5.54 Å². The number of amides is 2. The van der Waals surface area contributed by atoms with Crippen molar-refractivity contribution < 1.29 is 14.7 Å². The monoisotopic (exact) mass is 410 g/mol. The number of nitrogens with zero attached hydrogens (tertiary/aromatic N) is 1. The zero-order valence-corrected chi connectivity index (χ0v) is 16.7. The van der Waals surface area contributed by atoms with Crippen molar-refractivity contribution in [3.63, 3.8) is 0 Å². The van der Waals surface area contributed by atoms with Gasteiger partial charge in [0, 0.05) is 17.3 Å². The zero-order valence-electron chi connectivity index (χ0n) is 16.0. The van der Waals surface area contributed by atoms with E-state index in [-0.39, 0.29) is 5.91 Å². The minimum Gasteiger partial charge on any atom is -0.393 e. The van der Waals surface area contributed by atoms with Gasteiger partial charge in [-0.25, -0.2) is 0 Å². The van der Waals surface area contributed by atoms with Gasteiger partial charge in [-0.3, -0.25) is 14.5 Å². The van der Waals surface area contributed by atoms with E-state index in [1.54, 1.807) is 24.3 Å². The van der Waals surface area contributed by atoms with Crippen LogP contribution in [-0.4, -0.2) is 28.6 Å². The van der Waals surface area contributed by atoms with Gasteiger partial charge in [-0.2, -0.15) is 0 Å². The molecule has 2 N–H and O–H groups in total. The van der Waals surface area contributed by atoms with Crippen LogP contribution >= 0.6 is 11.6 Å². The number of hydrogen-bond donors (Lipinski definition) is 2. The van der Waals surface area contributed by atoms with Gasteiger partial charge in [0.2, 0.25) is 5.91 Å². The molecule has 0 aliphatic heterocycles. The Morgan fingerprint density at radius 1 is 1.17 bits per heavy atom. The molecular formula is C23H23ClN2O3. The molecule has 2 amide bonds. The maximum absolute atomic E-state index is 13.4. The summed E-state index contributed by atoms with van der Waals surface area (Å²) >= 11 is 6.13. The van der Waals surface area contributed by atoms with Crippen molar-refractivity contribution in [1.82, 2.24) is 5.32 Å². The van der Waals surface area contributed by atoms with Crippen molar-refractivity contribution in [2.24, 2.45) is 0 Å². The third kappa shape index (κ3) is 4.61. The van der Waals surface area contributed by atoms with Gasteiger partial charge < -0.3 is 10.4 Å². The van der Waals surface area contributed by atoms with Gasteiger partial charge >= 0.3 is 5.91 Å². The largest absolute Gasteiger partial charge is 0.393 e. The molecule has 1 aliphatic rings. The molecule has 2 aromatic carbocycles. The van der Waals surface area contributed by atoms with Crippen LogP contribution in [0.3, 0.4) is 0 Å². The molecule has 0 unspecified atom stereocenters. The fourth-order valence-corrected chi connectivity index (χ4v) is 4.00. The molecule has 3 rings (SSSR count). The van der Waals surface area contributed by atoms with Crippen LogP contribution in [0.15, 0.2) is 54.6 Å². The molecule has 5 nitrogen and oxygen atoms in total. The van der Waals surface area contributed by atoms with Crippen molar-refractivity contribution in [1.29, 1.82) is 0 Å². The molecule has 2 aromatic rings. The molecule has 1 aliphatic carbocycles.